The van der Waals surface area contributed by atoms with Gasteiger partial charge in [-0.3, -0.25) is 14.2 Å². The fraction of sp³-hybridized carbons (Fsp3) is 0.370. The van der Waals surface area contributed by atoms with E-state index in [2.05, 4.69) is 17.2 Å². The molecule has 7 heteroatoms. The van der Waals surface area contributed by atoms with Crippen molar-refractivity contribution in [3.8, 4) is 0 Å². The number of pyridine rings is 1. The van der Waals surface area contributed by atoms with Gasteiger partial charge >= 0.3 is 0 Å². The molecule has 0 aliphatic heterocycles. The molecule has 34 heavy (non-hydrogen) atoms. The summed E-state index contributed by atoms with van der Waals surface area (Å²) >= 11 is 0. The van der Waals surface area contributed by atoms with Gasteiger partial charge < -0.3 is 10.4 Å². The van der Waals surface area contributed by atoms with Crippen molar-refractivity contribution in [3.63, 3.8) is 0 Å². The van der Waals surface area contributed by atoms with Crippen molar-refractivity contribution in [2.24, 2.45) is 10.9 Å². The molecule has 0 saturated heterocycles. The van der Waals surface area contributed by atoms with Gasteiger partial charge in [0.15, 0.2) is 0 Å². The van der Waals surface area contributed by atoms with Crippen molar-refractivity contribution >= 4 is 28.9 Å². The zero-order chi connectivity index (χ0) is 24.8. The maximum atomic E-state index is 14.3. The number of benzene rings is 1. The van der Waals surface area contributed by atoms with Crippen molar-refractivity contribution in [1.29, 1.82) is 0 Å². The van der Waals surface area contributed by atoms with E-state index >= 15 is 0 Å². The number of aliphatic hydroxyl groups is 1. The summed E-state index contributed by atoms with van der Waals surface area (Å²) in [5.41, 5.74) is 3.73. The largest absolute Gasteiger partial charge is 0.400 e. The Morgan fingerprint density at radius 1 is 1.29 bits per heavy atom. The summed E-state index contributed by atoms with van der Waals surface area (Å²) in [6, 6.07) is 9.03. The molecular formula is C27H33FN4O2. The molecule has 1 atom stereocenters. The highest BCUT2D eigenvalue weighted by atomic mass is 19.1. The third-order valence-electron chi connectivity index (χ3n) is 6.06. The molecule has 1 saturated carbocycles. The summed E-state index contributed by atoms with van der Waals surface area (Å²) in [5, 5.41) is 9.97. The fourth-order valence-electron chi connectivity index (χ4n) is 3.90. The number of fused-ring (bicyclic) bond motifs is 1. The fourth-order valence-corrected chi connectivity index (χ4v) is 3.90. The summed E-state index contributed by atoms with van der Waals surface area (Å²) in [6.07, 6.45) is 9.30. The van der Waals surface area contributed by atoms with Crippen LogP contribution >= 0.6 is 0 Å². The van der Waals surface area contributed by atoms with E-state index in [1.165, 1.54) is 23.3 Å². The number of allylic oxidation sites excluding steroid dienone is 2. The molecular weight excluding hydrogens is 431 g/mol. The molecule has 2 heterocycles. The van der Waals surface area contributed by atoms with Crippen LogP contribution in [-0.4, -0.2) is 33.9 Å². The Morgan fingerprint density at radius 3 is 2.65 bits per heavy atom. The Bertz CT molecular complexity index is 1280. The standard InChI is InChI=1S/C26H29FN4O.CH4O/c1-5-18(14-28-22(6-2)19-8-9-19)20-10-12-24-30-25(17(4)26(32)31(24)15-20)29-23-11-7-16(3)13-21(23)27;1-2/h5,7,10-15,19,22,29H,6,8-9H2,1-4H3;2H,1H3/b18-5+,28-14?;. The maximum Gasteiger partial charge on any atom is 0.262 e. The molecule has 180 valence electrons. The van der Waals surface area contributed by atoms with E-state index in [1.807, 2.05) is 44.3 Å². The monoisotopic (exact) mass is 464 g/mol. The summed E-state index contributed by atoms with van der Waals surface area (Å²) in [7, 11) is 1.00. The zero-order valence-electron chi connectivity index (χ0n) is 20.5. The van der Waals surface area contributed by atoms with Crippen LogP contribution in [0.4, 0.5) is 15.9 Å². The van der Waals surface area contributed by atoms with Crippen LogP contribution in [0.25, 0.3) is 11.2 Å². The van der Waals surface area contributed by atoms with Gasteiger partial charge in [0.2, 0.25) is 0 Å². The van der Waals surface area contributed by atoms with Crippen molar-refractivity contribution in [2.75, 3.05) is 12.4 Å². The number of hydrogen-bond donors (Lipinski definition) is 2. The van der Waals surface area contributed by atoms with Gasteiger partial charge in [0, 0.05) is 19.5 Å². The van der Waals surface area contributed by atoms with E-state index in [0.717, 1.165) is 30.2 Å². The van der Waals surface area contributed by atoms with Gasteiger partial charge in [-0.25, -0.2) is 9.37 Å². The number of aromatic nitrogens is 2. The second kappa shape index (κ2) is 11.2. The second-order valence-corrected chi connectivity index (χ2v) is 8.48. The molecule has 1 unspecified atom stereocenters. The van der Waals surface area contributed by atoms with E-state index in [0.29, 0.717) is 34.7 Å². The molecule has 1 aromatic carbocycles. The minimum absolute atomic E-state index is 0.191. The molecule has 0 spiro atoms. The second-order valence-electron chi connectivity index (χ2n) is 8.48. The Hall–Kier alpha value is -3.32. The van der Waals surface area contributed by atoms with Crippen LogP contribution in [0.3, 0.4) is 0 Å². The van der Waals surface area contributed by atoms with Gasteiger partial charge in [0.05, 0.1) is 17.3 Å². The quantitative estimate of drug-likeness (QED) is 0.455. The predicted molar refractivity (Wildman–Crippen MR) is 138 cm³/mol. The van der Waals surface area contributed by atoms with E-state index < -0.39 is 0 Å². The zero-order valence-corrected chi connectivity index (χ0v) is 20.5. The first kappa shape index (κ1) is 25.3. The molecule has 2 aromatic heterocycles. The van der Waals surface area contributed by atoms with Crippen LogP contribution in [0.2, 0.25) is 0 Å². The first-order valence-corrected chi connectivity index (χ1v) is 11.6. The van der Waals surface area contributed by atoms with Crippen LogP contribution in [0.15, 0.2) is 52.4 Å². The lowest BCUT2D eigenvalue weighted by Crippen LogP contribution is -2.20. The van der Waals surface area contributed by atoms with Gasteiger partial charge in [-0.1, -0.05) is 19.1 Å². The number of rotatable bonds is 7. The number of nitrogens with one attached hydrogen (secondary N) is 1. The van der Waals surface area contributed by atoms with Crippen molar-refractivity contribution in [1.82, 2.24) is 9.38 Å². The highest BCUT2D eigenvalue weighted by molar-refractivity contribution is 6.09. The van der Waals surface area contributed by atoms with Crippen LogP contribution in [-0.2, 0) is 0 Å². The van der Waals surface area contributed by atoms with E-state index in [9.17, 15) is 9.18 Å². The lowest BCUT2D eigenvalue weighted by molar-refractivity contribution is 0.399. The number of anilines is 2. The average Bonchev–Trinajstić information content (AvgIpc) is 3.68. The molecule has 3 aromatic rings. The maximum absolute atomic E-state index is 14.3. The van der Waals surface area contributed by atoms with E-state index in [1.54, 1.807) is 19.2 Å². The van der Waals surface area contributed by atoms with Crippen molar-refractivity contribution in [2.45, 2.75) is 53.0 Å². The normalized spacial score (nSPS) is 14.7. The minimum atomic E-state index is -0.379. The van der Waals surface area contributed by atoms with Gasteiger partial charge in [-0.2, -0.15) is 0 Å². The van der Waals surface area contributed by atoms with Crippen molar-refractivity contribution < 1.29 is 9.50 Å². The van der Waals surface area contributed by atoms with E-state index in [4.69, 9.17) is 10.1 Å². The Morgan fingerprint density at radius 2 is 2.03 bits per heavy atom. The number of aliphatic hydroxyl groups excluding tert-OH is 1. The summed E-state index contributed by atoms with van der Waals surface area (Å²) in [6.45, 7) is 7.67. The smallest absolute Gasteiger partial charge is 0.262 e. The number of halogens is 1. The van der Waals surface area contributed by atoms with Crippen LogP contribution in [0, 0.1) is 25.6 Å². The molecule has 1 aliphatic carbocycles. The first-order chi connectivity index (χ1) is 16.4. The van der Waals surface area contributed by atoms with Gasteiger partial charge in [0.1, 0.15) is 17.3 Å². The lowest BCUT2D eigenvalue weighted by Gasteiger charge is -2.13. The molecule has 0 radical (unpaired) electrons. The van der Waals surface area contributed by atoms with Crippen molar-refractivity contribution in [3.05, 3.63) is 75.5 Å². The Kier molecular flexibility index (Phi) is 8.34. The molecule has 1 aliphatic rings. The average molecular weight is 465 g/mol. The van der Waals surface area contributed by atoms with E-state index in [-0.39, 0.29) is 11.4 Å². The number of hydrogen-bond acceptors (Lipinski definition) is 5. The Labute approximate surface area is 199 Å². The first-order valence-electron chi connectivity index (χ1n) is 11.6. The third-order valence-corrected chi connectivity index (χ3v) is 6.06. The van der Waals surface area contributed by atoms with Crippen LogP contribution in [0.5, 0.6) is 0 Å². The number of nitrogens with zero attached hydrogens (tertiary/aromatic N) is 3. The molecule has 2 N–H and O–H groups in total. The predicted octanol–water partition coefficient (Wildman–Crippen LogP) is 5.47. The van der Waals surface area contributed by atoms with Gasteiger partial charge in [-0.15, -0.1) is 0 Å². The van der Waals surface area contributed by atoms with Gasteiger partial charge in [-0.05, 0) is 86.9 Å². The van der Waals surface area contributed by atoms with Crippen LogP contribution in [0.1, 0.15) is 49.8 Å². The van der Waals surface area contributed by atoms with Crippen LogP contribution < -0.4 is 10.9 Å². The number of aryl methyl sites for hydroxylation is 1. The minimum Gasteiger partial charge on any atom is -0.400 e. The third kappa shape index (κ3) is 5.59. The SMILES string of the molecule is C/C=C(\C=NC(CC)C1CC1)c1ccc2nc(Nc3ccc(C)cc3F)c(C)c(=O)n2c1.CO. The summed E-state index contributed by atoms with van der Waals surface area (Å²) < 4.78 is 15.8. The molecule has 0 bridgehead atoms. The summed E-state index contributed by atoms with van der Waals surface area (Å²) in [4.78, 5) is 22.5. The topological polar surface area (TPSA) is 79.0 Å². The molecule has 1 fully saturated rings. The Balaban J connectivity index is 0.00000158. The molecule has 0 amide bonds. The van der Waals surface area contributed by atoms with Gasteiger partial charge in [0.25, 0.3) is 5.56 Å². The highest BCUT2D eigenvalue weighted by Gasteiger charge is 2.29. The molecule has 4 rings (SSSR count). The summed E-state index contributed by atoms with van der Waals surface area (Å²) in [5.74, 6) is 0.689. The highest BCUT2D eigenvalue weighted by Crippen LogP contribution is 2.35. The number of aliphatic imine (C=N–C) groups is 1. The molecule has 6 nitrogen and oxygen atoms in total. The lowest BCUT2D eigenvalue weighted by atomic mass is 10.1.